The van der Waals surface area contributed by atoms with Crippen molar-refractivity contribution in [2.24, 2.45) is 5.92 Å². The molecular weight excluding hydrogens is 454 g/mol. The summed E-state index contributed by atoms with van der Waals surface area (Å²) in [5.41, 5.74) is 3.64. The second kappa shape index (κ2) is 10.3. The maximum Gasteiger partial charge on any atom is 0.300 e. The molecule has 0 spiro atoms. The number of rotatable bonds is 7. The van der Waals surface area contributed by atoms with Crippen LogP contribution in [-0.2, 0) is 9.59 Å². The lowest BCUT2D eigenvalue weighted by Gasteiger charge is -2.27. The number of carbonyl (C=O) groups is 2. The summed E-state index contributed by atoms with van der Waals surface area (Å²) >= 11 is 0. The molecule has 1 aliphatic heterocycles. The highest BCUT2D eigenvalue weighted by Crippen LogP contribution is 2.43. The largest absolute Gasteiger partial charge is 0.507 e. The van der Waals surface area contributed by atoms with Crippen molar-refractivity contribution in [2.75, 3.05) is 18.6 Å². The summed E-state index contributed by atoms with van der Waals surface area (Å²) in [6.07, 6.45) is 0. The Kier molecular flexibility index (Phi) is 7.15. The number of Topliss-reactive ketones (excluding diaryl/α,β-unsaturated/α-hetero) is 1. The molecule has 6 nitrogen and oxygen atoms in total. The van der Waals surface area contributed by atoms with Gasteiger partial charge in [0.2, 0.25) is 0 Å². The van der Waals surface area contributed by atoms with Gasteiger partial charge in [-0.05, 0) is 73.4 Å². The molecule has 3 aromatic carbocycles. The van der Waals surface area contributed by atoms with Crippen molar-refractivity contribution in [2.45, 2.75) is 33.7 Å². The monoisotopic (exact) mass is 485 g/mol. The Balaban J connectivity index is 1.86. The molecule has 6 heteroatoms. The van der Waals surface area contributed by atoms with Gasteiger partial charge in [-0.1, -0.05) is 43.7 Å². The van der Waals surface area contributed by atoms with Crippen LogP contribution >= 0.6 is 0 Å². The molecule has 1 heterocycles. The van der Waals surface area contributed by atoms with Gasteiger partial charge in [0.05, 0.1) is 25.3 Å². The van der Waals surface area contributed by atoms with Crippen molar-refractivity contribution in [3.63, 3.8) is 0 Å². The fourth-order valence-electron chi connectivity index (χ4n) is 4.41. The van der Waals surface area contributed by atoms with Gasteiger partial charge in [0.25, 0.3) is 11.7 Å². The number of ketones is 1. The van der Waals surface area contributed by atoms with Crippen LogP contribution < -0.4 is 14.4 Å². The first-order valence-electron chi connectivity index (χ1n) is 12.0. The normalized spacial score (nSPS) is 17.1. The number of aliphatic hydroxyl groups is 1. The zero-order valence-corrected chi connectivity index (χ0v) is 21.2. The van der Waals surface area contributed by atoms with Gasteiger partial charge < -0.3 is 14.6 Å². The lowest BCUT2D eigenvalue weighted by Crippen LogP contribution is -2.30. The number of methoxy groups -OCH3 is 1. The van der Waals surface area contributed by atoms with Crippen molar-refractivity contribution in [1.29, 1.82) is 0 Å². The van der Waals surface area contributed by atoms with Crippen LogP contribution in [0.15, 0.2) is 72.3 Å². The summed E-state index contributed by atoms with van der Waals surface area (Å²) in [5.74, 6) is -0.0228. The summed E-state index contributed by atoms with van der Waals surface area (Å²) in [5, 5.41) is 11.4. The first-order valence-corrected chi connectivity index (χ1v) is 12.0. The van der Waals surface area contributed by atoms with Crippen molar-refractivity contribution < 1.29 is 24.2 Å². The predicted molar refractivity (Wildman–Crippen MR) is 140 cm³/mol. The summed E-state index contributed by atoms with van der Waals surface area (Å²) in [6, 6.07) is 19.0. The number of aryl methyl sites for hydroxylation is 2. The number of benzene rings is 3. The van der Waals surface area contributed by atoms with Crippen molar-refractivity contribution in [3.05, 3.63) is 94.6 Å². The smallest absolute Gasteiger partial charge is 0.300 e. The SMILES string of the molecule is COc1cccc(C2/C(=C(\O)c3ccc(OCC(C)C)cc3)C(=O)C(=O)N2c2ccc(C)cc2C)c1. The van der Waals surface area contributed by atoms with E-state index >= 15 is 0 Å². The van der Waals surface area contributed by atoms with Crippen LogP contribution in [0.1, 0.15) is 42.1 Å². The number of ether oxygens (including phenoxy) is 2. The fraction of sp³-hybridized carbons (Fsp3) is 0.267. The number of carbonyl (C=O) groups excluding carboxylic acids is 2. The van der Waals surface area contributed by atoms with E-state index in [1.807, 2.05) is 38.1 Å². The highest BCUT2D eigenvalue weighted by atomic mass is 16.5. The highest BCUT2D eigenvalue weighted by Gasteiger charge is 2.47. The summed E-state index contributed by atoms with van der Waals surface area (Å²) in [7, 11) is 1.56. The van der Waals surface area contributed by atoms with E-state index < -0.39 is 17.7 Å². The molecule has 4 rings (SSSR count). The minimum Gasteiger partial charge on any atom is -0.507 e. The maximum atomic E-state index is 13.4. The van der Waals surface area contributed by atoms with Crippen LogP contribution in [0, 0.1) is 19.8 Å². The van der Waals surface area contributed by atoms with Gasteiger partial charge in [-0.25, -0.2) is 0 Å². The van der Waals surface area contributed by atoms with Gasteiger partial charge in [0, 0.05) is 11.3 Å². The van der Waals surface area contributed by atoms with Crippen molar-refractivity contribution in [3.8, 4) is 11.5 Å². The van der Waals surface area contributed by atoms with Gasteiger partial charge in [-0.3, -0.25) is 14.5 Å². The molecule has 1 atom stereocenters. The number of hydrogen-bond acceptors (Lipinski definition) is 5. The van der Waals surface area contributed by atoms with Crippen LogP contribution in [0.25, 0.3) is 5.76 Å². The third-order valence-corrected chi connectivity index (χ3v) is 6.18. The Morgan fingerprint density at radius 3 is 2.33 bits per heavy atom. The molecule has 1 unspecified atom stereocenters. The Morgan fingerprint density at radius 2 is 1.69 bits per heavy atom. The van der Waals surface area contributed by atoms with Crippen molar-refractivity contribution in [1.82, 2.24) is 0 Å². The molecule has 0 radical (unpaired) electrons. The summed E-state index contributed by atoms with van der Waals surface area (Å²) in [6.45, 7) is 8.57. The number of anilines is 1. The van der Waals surface area contributed by atoms with Gasteiger partial charge in [-0.15, -0.1) is 0 Å². The molecule has 1 N–H and O–H groups in total. The average molecular weight is 486 g/mol. The van der Waals surface area contributed by atoms with Crippen LogP contribution in [0.5, 0.6) is 11.5 Å². The van der Waals surface area contributed by atoms with Crippen LogP contribution in [0.2, 0.25) is 0 Å². The number of aliphatic hydroxyl groups excluding tert-OH is 1. The summed E-state index contributed by atoms with van der Waals surface area (Å²) < 4.78 is 11.1. The van der Waals surface area contributed by atoms with Crippen LogP contribution in [-0.4, -0.2) is 30.5 Å². The molecule has 0 aliphatic carbocycles. The van der Waals surface area contributed by atoms with Crippen LogP contribution in [0.4, 0.5) is 5.69 Å². The van der Waals surface area contributed by atoms with E-state index in [1.54, 1.807) is 49.6 Å². The number of hydrogen-bond donors (Lipinski definition) is 1. The zero-order valence-electron chi connectivity index (χ0n) is 21.2. The Morgan fingerprint density at radius 1 is 0.972 bits per heavy atom. The minimum absolute atomic E-state index is 0.0316. The van der Waals surface area contributed by atoms with E-state index in [-0.39, 0.29) is 11.3 Å². The second-order valence-corrected chi connectivity index (χ2v) is 9.46. The van der Waals surface area contributed by atoms with Gasteiger partial charge in [-0.2, -0.15) is 0 Å². The molecule has 1 amide bonds. The standard InChI is InChI=1S/C30H31NO5/c1-18(2)17-36-23-12-10-21(11-13-23)28(32)26-27(22-7-6-8-24(16-22)35-5)31(30(34)29(26)33)25-14-9-19(3)15-20(25)4/h6-16,18,27,32H,17H2,1-5H3/b28-26+. The topological polar surface area (TPSA) is 76.1 Å². The third kappa shape index (κ3) is 4.85. The molecule has 36 heavy (non-hydrogen) atoms. The molecule has 0 bridgehead atoms. The lowest BCUT2D eigenvalue weighted by atomic mass is 9.94. The Bertz CT molecular complexity index is 1320. The predicted octanol–water partition coefficient (Wildman–Crippen LogP) is 5.97. The molecule has 0 aromatic heterocycles. The highest BCUT2D eigenvalue weighted by molar-refractivity contribution is 6.51. The Hall–Kier alpha value is -4.06. The molecule has 186 valence electrons. The molecule has 0 saturated carbocycles. The minimum atomic E-state index is -0.821. The molecule has 1 fully saturated rings. The Labute approximate surface area is 211 Å². The van der Waals surface area contributed by atoms with Crippen molar-refractivity contribution >= 4 is 23.1 Å². The first kappa shape index (κ1) is 25.0. The van der Waals surface area contributed by atoms with Gasteiger partial charge in [0.1, 0.15) is 17.3 Å². The van der Waals surface area contributed by atoms with E-state index in [0.29, 0.717) is 40.8 Å². The van der Waals surface area contributed by atoms with E-state index in [0.717, 1.165) is 11.1 Å². The molecule has 1 saturated heterocycles. The molecule has 1 aliphatic rings. The quantitative estimate of drug-likeness (QED) is 0.253. The first-order chi connectivity index (χ1) is 17.2. The lowest BCUT2D eigenvalue weighted by molar-refractivity contribution is -0.132. The van der Waals surface area contributed by atoms with E-state index in [9.17, 15) is 14.7 Å². The van der Waals surface area contributed by atoms with E-state index in [4.69, 9.17) is 9.47 Å². The number of amides is 1. The molecular formula is C30H31NO5. The van der Waals surface area contributed by atoms with Crippen LogP contribution in [0.3, 0.4) is 0 Å². The molecule has 3 aromatic rings. The zero-order chi connectivity index (χ0) is 26.0. The second-order valence-electron chi connectivity index (χ2n) is 9.46. The fourth-order valence-corrected chi connectivity index (χ4v) is 4.41. The summed E-state index contributed by atoms with van der Waals surface area (Å²) in [4.78, 5) is 28.3. The van der Waals surface area contributed by atoms with E-state index in [2.05, 4.69) is 13.8 Å². The third-order valence-electron chi connectivity index (χ3n) is 6.18. The average Bonchev–Trinajstić information content (AvgIpc) is 3.13. The number of nitrogens with zero attached hydrogens (tertiary/aromatic N) is 1. The van der Waals surface area contributed by atoms with Gasteiger partial charge >= 0.3 is 0 Å². The van der Waals surface area contributed by atoms with E-state index in [1.165, 1.54) is 4.90 Å². The van der Waals surface area contributed by atoms with Gasteiger partial charge in [0.15, 0.2) is 0 Å². The maximum absolute atomic E-state index is 13.4.